The molecular formula is C9H12N4O5. The SMILES string of the molecule is O=C(O)C1COCCN1C(=O)NCc1ncon1. The van der Waals surface area contributed by atoms with Crippen molar-refractivity contribution in [1.29, 1.82) is 0 Å². The first-order valence-electron chi connectivity index (χ1n) is 5.28. The molecule has 1 aliphatic rings. The molecule has 1 saturated heterocycles. The zero-order valence-electron chi connectivity index (χ0n) is 9.40. The Balaban J connectivity index is 1.92. The average Bonchev–Trinajstić information content (AvgIpc) is 2.89. The summed E-state index contributed by atoms with van der Waals surface area (Å²) in [5.41, 5.74) is 0. The zero-order chi connectivity index (χ0) is 13.0. The van der Waals surface area contributed by atoms with E-state index in [0.29, 0.717) is 12.4 Å². The minimum atomic E-state index is -1.09. The molecule has 0 saturated carbocycles. The quantitative estimate of drug-likeness (QED) is 0.716. The Morgan fingerprint density at radius 3 is 3.11 bits per heavy atom. The van der Waals surface area contributed by atoms with E-state index < -0.39 is 18.0 Å². The highest BCUT2D eigenvalue weighted by Gasteiger charge is 2.32. The molecule has 1 aromatic rings. The Labute approximate surface area is 102 Å². The molecule has 1 unspecified atom stereocenters. The van der Waals surface area contributed by atoms with E-state index in [-0.39, 0.29) is 19.7 Å². The highest BCUT2D eigenvalue weighted by Crippen LogP contribution is 2.07. The number of rotatable bonds is 3. The molecule has 9 heteroatoms. The van der Waals surface area contributed by atoms with Crippen molar-refractivity contribution in [1.82, 2.24) is 20.4 Å². The van der Waals surface area contributed by atoms with Crippen molar-refractivity contribution in [3.8, 4) is 0 Å². The third-order valence-electron chi connectivity index (χ3n) is 2.48. The van der Waals surface area contributed by atoms with Gasteiger partial charge in [0.05, 0.1) is 19.8 Å². The summed E-state index contributed by atoms with van der Waals surface area (Å²) in [4.78, 5) is 27.7. The topological polar surface area (TPSA) is 118 Å². The number of aliphatic carboxylic acids is 1. The zero-order valence-corrected chi connectivity index (χ0v) is 9.40. The van der Waals surface area contributed by atoms with E-state index in [1.54, 1.807) is 0 Å². The van der Waals surface area contributed by atoms with Gasteiger partial charge in [-0.1, -0.05) is 5.16 Å². The largest absolute Gasteiger partial charge is 0.480 e. The lowest BCUT2D eigenvalue weighted by Gasteiger charge is -2.32. The summed E-state index contributed by atoms with van der Waals surface area (Å²) < 4.78 is 9.54. The monoisotopic (exact) mass is 256 g/mol. The molecule has 1 atom stereocenters. The van der Waals surface area contributed by atoms with Crippen LogP contribution in [0.2, 0.25) is 0 Å². The Morgan fingerprint density at radius 1 is 1.61 bits per heavy atom. The number of morpholine rings is 1. The van der Waals surface area contributed by atoms with Gasteiger partial charge in [-0.3, -0.25) is 0 Å². The second kappa shape index (κ2) is 5.45. The third-order valence-corrected chi connectivity index (χ3v) is 2.48. The second-order valence-corrected chi connectivity index (χ2v) is 3.63. The summed E-state index contributed by atoms with van der Waals surface area (Å²) in [5, 5.41) is 15.0. The number of carboxylic acids is 1. The lowest BCUT2D eigenvalue weighted by molar-refractivity contribution is -0.147. The normalized spacial score (nSPS) is 19.6. The molecule has 2 rings (SSSR count). The first kappa shape index (κ1) is 12.3. The van der Waals surface area contributed by atoms with Gasteiger partial charge in [-0.25, -0.2) is 9.59 Å². The van der Waals surface area contributed by atoms with Gasteiger partial charge in [0.1, 0.15) is 0 Å². The Hall–Kier alpha value is -2.16. The van der Waals surface area contributed by atoms with Crippen LogP contribution in [0.15, 0.2) is 10.9 Å². The van der Waals surface area contributed by atoms with Gasteiger partial charge in [0.15, 0.2) is 11.9 Å². The highest BCUT2D eigenvalue weighted by atomic mass is 16.5. The van der Waals surface area contributed by atoms with Gasteiger partial charge in [-0.15, -0.1) is 0 Å². The molecule has 0 radical (unpaired) electrons. The van der Waals surface area contributed by atoms with E-state index in [1.165, 1.54) is 4.90 Å². The van der Waals surface area contributed by atoms with Gasteiger partial charge >= 0.3 is 12.0 Å². The van der Waals surface area contributed by atoms with Crippen molar-refractivity contribution >= 4 is 12.0 Å². The molecule has 98 valence electrons. The predicted octanol–water partition coefficient (Wildman–Crippen LogP) is -0.935. The molecule has 2 amide bonds. The summed E-state index contributed by atoms with van der Waals surface area (Å²) in [6.45, 7) is 0.623. The number of hydrogen-bond donors (Lipinski definition) is 2. The number of carbonyl (C=O) groups excluding carboxylic acids is 1. The molecule has 18 heavy (non-hydrogen) atoms. The van der Waals surface area contributed by atoms with Gasteiger partial charge in [-0.2, -0.15) is 4.98 Å². The molecule has 0 aromatic carbocycles. The van der Waals surface area contributed by atoms with E-state index in [9.17, 15) is 9.59 Å². The van der Waals surface area contributed by atoms with Crippen LogP contribution in [0, 0.1) is 0 Å². The molecule has 0 bridgehead atoms. The molecule has 1 fully saturated rings. The molecule has 1 aromatic heterocycles. The Morgan fingerprint density at radius 2 is 2.44 bits per heavy atom. The van der Waals surface area contributed by atoms with E-state index in [1.807, 2.05) is 0 Å². The number of nitrogens with one attached hydrogen (secondary N) is 1. The van der Waals surface area contributed by atoms with E-state index >= 15 is 0 Å². The first-order valence-corrected chi connectivity index (χ1v) is 5.28. The molecule has 2 heterocycles. The molecule has 2 N–H and O–H groups in total. The fraction of sp³-hybridized carbons (Fsp3) is 0.556. The maximum Gasteiger partial charge on any atom is 0.328 e. The summed E-state index contributed by atoms with van der Waals surface area (Å²) >= 11 is 0. The number of carbonyl (C=O) groups is 2. The third kappa shape index (κ3) is 2.74. The number of amides is 2. The molecule has 1 aliphatic heterocycles. The van der Waals surface area contributed by atoms with Crippen LogP contribution in [0.5, 0.6) is 0 Å². The molecule has 0 aliphatic carbocycles. The number of nitrogens with zero attached hydrogens (tertiary/aromatic N) is 3. The summed E-state index contributed by atoms with van der Waals surface area (Å²) in [6, 6.07) is -1.46. The second-order valence-electron chi connectivity index (χ2n) is 3.63. The Kier molecular flexibility index (Phi) is 3.72. The van der Waals surface area contributed by atoms with Gasteiger partial charge in [0.25, 0.3) is 0 Å². The van der Waals surface area contributed by atoms with Crippen molar-refractivity contribution in [3.63, 3.8) is 0 Å². The van der Waals surface area contributed by atoms with E-state index in [0.717, 1.165) is 6.39 Å². The lowest BCUT2D eigenvalue weighted by atomic mass is 10.2. The average molecular weight is 256 g/mol. The minimum Gasteiger partial charge on any atom is -0.480 e. The van der Waals surface area contributed by atoms with Gasteiger partial charge in [0, 0.05) is 6.54 Å². The number of aromatic nitrogens is 2. The van der Waals surface area contributed by atoms with Crippen LogP contribution in [0.1, 0.15) is 5.82 Å². The van der Waals surface area contributed by atoms with Crippen LogP contribution in [0.3, 0.4) is 0 Å². The summed E-state index contributed by atoms with van der Waals surface area (Å²) in [7, 11) is 0. The molecular weight excluding hydrogens is 244 g/mol. The fourth-order valence-electron chi connectivity index (χ4n) is 1.58. The van der Waals surface area contributed by atoms with Gasteiger partial charge < -0.3 is 24.6 Å². The number of carboxylic acid groups (broad SMARTS) is 1. The van der Waals surface area contributed by atoms with Crippen molar-refractivity contribution in [2.45, 2.75) is 12.6 Å². The van der Waals surface area contributed by atoms with Crippen LogP contribution in [0.4, 0.5) is 4.79 Å². The minimum absolute atomic E-state index is 0.00896. The number of urea groups is 1. The molecule has 0 spiro atoms. The van der Waals surface area contributed by atoms with Crippen molar-refractivity contribution in [3.05, 3.63) is 12.2 Å². The Bertz CT molecular complexity index is 421. The van der Waals surface area contributed by atoms with Gasteiger partial charge in [0.2, 0.25) is 6.39 Å². The standard InChI is InChI=1S/C9H12N4O5/c14-8(15)6-4-17-2-1-13(6)9(16)10-3-7-11-5-18-12-7/h5-6H,1-4H2,(H,10,16)(H,14,15). The van der Waals surface area contributed by atoms with Crippen molar-refractivity contribution in [2.24, 2.45) is 0 Å². The van der Waals surface area contributed by atoms with Crippen LogP contribution in [-0.2, 0) is 16.1 Å². The van der Waals surface area contributed by atoms with E-state index in [2.05, 4.69) is 20.0 Å². The van der Waals surface area contributed by atoms with Crippen molar-refractivity contribution < 1.29 is 24.0 Å². The molecule has 9 nitrogen and oxygen atoms in total. The van der Waals surface area contributed by atoms with Crippen LogP contribution in [0.25, 0.3) is 0 Å². The lowest BCUT2D eigenvalue weighted by Crippen LogP contribution is -2.55. The van der Waals surface area contributed by atoms with Crippen molar-refractivity contribution in [2.75, 3.05) is 19.8 Å². The number of ether oxygens (including phenoxy) is 1. The maximum atomic E-state index is 11.8. The summed E-state index contributed by atoms with van der Waals surface area (Å²) in [6.07, 6.45) is 1.15. The maximum absolute atomic E-state index is 11.8. The smallest absolute Gasteiger partial charge is 0.328 e. The number of hydrogen-bond acceptors (Lipinski definition) is 6. The van der Waals surface area contributed by atoms with Crippen LogP contribution >= 0.6 is 0 Å². The highest BCUT2D eigenvalue weighted by molar-refractivity contribution is 5.82. The van der Waals surface area contributed by atoms with Gasteiger partial charge in [-0.05, 0) is 0 Å². The van der Waals surface area contributed by atoms with Crippen LogP contribution < -0.4 is 5.32 Å². The van der Waals surface area contributed by atoms with E-state index in [4.69, 9.17) is 9.84 Å². The summed E-state index contributed by atoms with van der Waals surface area (Å²) in [5.74, 6) is -0.770. The predicted molar refractivity (Wildman–Crippen MR) is 55.5 cm³/mol. The van der Waals surface area contributed by atoms with Crippen LogP contribution in [-0.4, -0.2) is 57.9 Å². The fourth-order valence-corrected chi connectivity index (χ4v) is 1.58. The first-order chi connectivity index (χ1) is 8.68.